The van der Waals surface area contributed by atoms with Crippen LogP contribution in [-0.4, -0.2) is 110 Å². The fraction of sp³-hybridized carbons (Fsp3) is 0.515. The number of aliphatic hydroxyl groups is 1. The first-order chi connectivity index (χ1) is 25.5. The van der Waals surface area contributed by atoms with Crippen LogP contribution in [0, 0.1) is 17.8 Å². The Bertz CT molecular complexity index is 1910. The molecule has 0 bridgehead atoms. The Balaban J connectivity index is 0.00000160. The van der Waals surface area contributed by atoms with Gasteiger partial charge in [0.1, 0.15) is 6.04 Å². The Labute approximate surface area is 309 Å². The van der Waals surface area contributed by atoms with Crippen LogP contribution in [0.5, 0.6) is 0 Å². The number of hydrogen-bond acceptors (Lipinski definition) is 8. The van der Waals surface area contributed by atoms with E-state index in [1.165, 1.54) is 25.2 Å². The van der Waals surface area contributed by atoms with Crippen molar-refractivity contribution in [3.05, 3.63) is 52.7 Å². The molecule has 3 unspecified atom stereocenters. The van der Waals surface area contributed by atoms with Crippen LogP contribution in [-0.2, 0) is 18.0 Å². The van der Waals surface area contributed by atoms with Crippen LogP contribution in [0.1, 0.15) is 52.0 Å². The smallest absolute Gasteiger partial charge is 0.435 e. The maximum absolute atomic E-state index is 13.8. The Hall–Kier alpha value is -4.82. The van der Waals surface area contributed by atoms with Crippen LogP contribution in [0.25, 0.3) is 11.3 Å². The highest BCUT2D eigenvalue weighted by Crippen LogP contribution is 2.53. The highest BCUT2D eigenvalue weighted by Gasteiger charge is 2.59. The van der Waals surface area contributed by atoms with Crippen molar-refractivity contribution in [2.45, 2.75) is 49.5 Å². The molecule has 21 heteroatoms. The summed E-state index contributed by atoms with van der Waals surface area (Å²) in [7, 11) is 1.31. The molecule has 4 aliphatic rings. The zero-order valence-corrected chi connectivity index (χ0v) is 29.4. The van der Waals surface area contributed by atoms with Crippen LogP contribution in [0.2, 0.25) is 5.02 Å². The zero-order valence-electron chi connectivity index (χ0n) is 28.6. The van der Waals surface area contributed by atoms with Gasteiger partial charge < -0.3 is 40.9 Å². The Morgan fingerprint density at radius 1 is 1.13 bits per heavy atom. The molecule has 7 rings (SSSR count). The molecule has 2 aliphatic heterocycles. The normalized spacial score (nSPS) is 25.4. The summed E-state index contributed by atoms with van der Waals surface area (Å²) in [5, 5.41) is 31.7. The maximum Gasteiger partial charge on any atom is 0.435 e. The second-order valence-corrected chi connectivity index (χ2v) is 14.3. The van der Waals surface area contributed by atoms with E-state index in [1.807, 2.05) is 0 Å². The number of nitrogens with zero attached hydrogens (tertiary/aromatic N) is 5. The summed E-state index contributed by atoms with van der Waals surface area (Å²) in [6.45, 7) is 2.40. The first kappa shape index (κ1) is 38.9. The lowest BCUT2D eigenvalue weighted by Crippen LogP contribution is -2.48. The first-order valence-corrected chi connectivity index (χ1v) is 17.4. The van der Waals surface area contributed by atoms with Crippen LogP contribution >= 0.6 is 11.6 Å². The Morgan fingerprint density at radius 3 is 2.37 bits per heavy atom. The molecule has 5 atom stereocenters. The molecule has 1 aromatic carbocycles. The number of amides is 4. The molecular formula is C33H37ClF5N9O6. The number of carboxylic acid groups (broad SMARTS) is 1. The molecule has 2 aliphatic carbocycles. The molecule has 6 N–H and O–H groups in total. The Kier molecular flexibility index (Phi) is 10.9. The molecule has 2 saturated carbocycles. The second kappa shape index (κ2) is 15.1. The van der Waals surface area contributed by atoms with Crippen LogP contribution in [0.3, 0.4) is 0 Å². The number of alkyl halides is 5. The van der Waals surface area contributed by atoms with Gasteiger partial charge in [-0.3, -0.25) is 19.1 Å². The van der Waals surface area contributed by atoms with Gasteiger partial charge in [0.05, 0.1) is 40.2 Å². The molecule has 2 saturated heterocycles. The summed E-state index contributed by atoms with van der Waals surface area (Å²) >= 11 is 6.41. The van der Waals surface area contributed by atoms with Gasteiger partial charge in [0.25, 0.3) is 24.2 Å². The van der Waals surface area contributed by atoms with E-state index in [9.17, 15) is 41.4 Å². The SMILES string of the molecule is Cn1c(-c2cn(C3CC3(F)F)nc2C(F)(F)F)cnc1C(=O)Nc1ccc(C(=O)NCC2CC3CN(C(=O)N[C@H]4CNC[C@@H]4O)CC3C2)c(Cl)c1.O=CO. The van der Waals surface area contributed by atoms with Crippen molar-refractivity contribution in [2.75, 3.05) is 38.0 Å². The number of urea groups is 1. The van der Waals surface area contributed by atoms with E-state index in [0.29, 0.717) is 49.2 Å². The van der Waals surface area contributed by atoms with Gasteiger partial charge in [-0.05, 0) is 48.8 Å². The van der Waals surface area contributed by atoms with Crippen molar-refractivity contribution in [2.24, 2.45) is 24.8 Å². The van der Waals surface area contributed by atoms with Crippen molar-refractivity contribution < 1.29 is 51.3 Å². The number of aliphatic hydroxyl groups excluding tert-OH is 1. The highest BCUT2D eigenvalue weighted by molar-refractivity contribution is 6.34. The third kappa shape index (κ3) is 8.14. The number of anilines is 1. The summed E-state index contributed by atoms with van der Waals surface area (Å²) in [5.41, 5.74) is -1.65. The number of carbonyl (C=O) groups is 4. The van der Waals surface area contributed by atoms with Crippen molar-refractivity contribution >= 4 is 41.6 Å². The minimum atomic E-state index is -4.95. The van der Waals surface area contributed by atoms with E-state index >= 15 is 0 Å². The van der Waals surface area contributed by atoms with Gasteiger partial charge in [-0.1, -0.05) is 11.6 Å². The largest absolute Gasteiger partial charge is 0.483 e. The average Bonchev–Trinajstić information content (AvgIpc) is 3.74. The molecule has 54 heavy (non-hydrogen) atoms. The summed E-state index contributed by atoms with van der Waals surface area (Å²) in [4.78, 5) is 52.9. The van der Waals surface area contributed by atoms with Gasteiger partial charge in [0.2, 0.25) is 0 Å². The summed E-state index contributed by atoms with van der Waals surface area (Å²) in [6, 6.07) is 2.29. The van der Waals surface area contributed by atoms with E-state index in [0.717, 1.165) is 29.8 Å². The van der Waals surface area contributed by atoms with E-state index in [2.05, 4.69) is 31.3 Å². The van der Waals surface area contributed by atoms with Crippen LogP contribution < -0.4 is 21.3 Å². The third-order valence-electron chi connectivity index (χ3n) is 10.2. The number of likely N-dealkylation sites (tertiary alicyclic amines) is 1. The lowest BCUT2D eigenvalue weighted by molar-refractivity contribution is -0.141. The number of imidazole rings is 1. The maximum atomic E-state index is 13.8. The number of benzene rings is 1. The van der Waals surface area contributed by atoms with Gasteiger partial charge in [0.15, 0.2) is 11.5 Å². The van der Waals surface area contributed by atoms with E-state index in [4.69, 9.17) is 21.5 Å². The standard InChI is InChI=1S/C32H35ClF5N9O4.CH2O2/c1-45-23(20-14-47(25-7-31(25,34)35)44-26(20)32(36,37)38)10-40-27(45)29(50)42-18-2-3-19(21(33)6-18)28(49)41-8-15-4-16-12-46(13-17(16)5-15)30(51)43-22-9-39-11-24(22)48;2-1-3/h2-3,6,10,14-17,22,24-25,39,48H,4-5,7-9,11-13H2,1H3,(H,41,49)(H,42,50)(H,43,51);1H,(H,2,3)/t15?,16?,17?,22-,24-,25?;/m0./s1. The van der Waals surface area contributed by atoms with Gasteiger partial charge >= 0.3 is 12.2 Å². The summed E-state index contributed by atoms with van der Waals surface area (Å²) in [5.74, 6) is -3.74. The highest BCUT2D eigenvalue weighted by atomic mass is 35.5. The monoisotopic (exact) mass is 785 g/mol. The molecule has 15 nitrogen and oxygen atoms in total. The minimum absolute atomic E-state index is 0.0532. The van der Waals surface area contributed by atoms with Crippen molar-refractivity contribution in [3.8, 4) is 11.3 Å². The number of β-amino-alcohol motifs (C(OH)–C–C–N with tert-alkyl or cyclic N) is 1. The van der Waals surface area contributed by atoms with Gasteiger partial charge in [-0.15, -0.1) is 0 Å². The summed E-state index contributed by atoms with van der Waals surface area (Å²) in [6.07, 6.45) is -2.55. The number of hydrogen-bond donors (Lipinski definition) is 6. The lowest BCUT2D eigenvalue weighted by atomic mass is 10.0. The molecule has 2 aromatic heterocycles. The van der Waals surface area contributed by atoms with Gasteiger partial charge in [-0.25, -0.2) is 18.6 Å². The van der Waals surface area contributed by atoms with E-state index < -0.39 is 53.7 Å². The van der Waals surface area contributed by atoms with E-state index in [1.54, 1.807) is 4.90 Å². The molecule has 4 amide bonds. The topological polar surface area (TPSA) is 196 Å². The van der Waals surface area contributed by atoms with Gasteiger partial charge in [-0.2, -0.15) is 18.3 Å². The quantitative estimate of drug-likeness (QED) is 0.147. The second-order valence-electron chi connectivity index (χ2n) is 13.9. The van der Waals surface area contributed by atoms with Crippen molar-refractivity contribution in [1.29, 1.82) is 0 Å². The molecular weight excluding hydrogens is 749 g/mol. The summed E-state index contributed by atoms with van der Waals surface area (Å²) < 4.78 is 70.2. The lowest BCUT2D eigenvalue weighted by Gasteiger charge is -2.23. The number of aromatic nitrogens is 4. The molecule has 0 radical (unpaired) electrons. The minimum Gasteiger partial charge on any atom is -0.483 e. The fourth-order valence-electron chi connectivity index (χ4n) is 7.42. The average molecular weight is 786 g/mol. The predicted octanol–water partition coefficient (Wildman–Crippen LogP) is 3.22. The van der Waals surface area contributed by atoms with E-state index in [-0.39, 0.29) is 52.3 Å². The van der Waals surface area contributed by atoms with Crippen LogP contribution in [0.4, 0.5) is 32.4 Å². The molecule has 4 fully saturated rings. The van der Waals surface area contributed by atoms with Crippen molar-refractivity contribution in [1.82, 2.24) is 40.2 Å². The number of nitrogens with one attached hydrogen (secondary N) is 4. The molecule has 0 spiro atoms. The van der Waals surface area contributed by atoms with Crippen LogP contribution in [0.15, 0.2) is 30.6 Å². The number of carbonyl (C=O) groups excluding carboxylic acids is 3. The number of fused-ring (bicyclic) bond motifs is 1. The molecule has 292 valence electrons. The predicted molar refractivity (Wildman–Crippen MR) is 181 cm³/mol. The molecule has 3 aromatic rings. The number of halogens is 6. The van der Waals surface area contributed by atoms with Crippen molar-refractivity contribution in [3.63, 3.8) is 0 Å². The third-order valence-corrected chi connectivity index (χ3v) is 10.5. The number of rotatable bonds is 8. The first-order valence-electron chi connectivity index (χ1n) is 17.0. The molecule has 4 heterocycles. The van der Waals surface area contributed by atoms with Gasteiger partial charge in [0, 0.05) is 58.1 Å². The Morgan fingerprint density at radius 2 is 1.80 bits per heavy atom. The fourth-order valence-corrected chi connectivity index (χ4v) is 7.69. The zero-order chi connectivity index (χ0) is 39.1.